The second-order valence-corrected chi connectivity index (χ2v) is 4.30. The summed E-state index contributed by atoms with van der Waals surface area (Å²) < 4.78 is 36.1. The Bertz CT molecular complexity index is 233. The Morgan fingerprint density at radius 1 is 1.38 bits per heavy atom. The van der Waals surface area contributed by atoms with Crippen LogP contribution in [0.15, 0.2) is 0 Å². The molecule has 1 aliphatic heterocycles. The predicted octanol–water partition coefficient (Wildman–Crippen LogP) is -3.72. The van der Waals surface area contributed by atoms with Gasteiger partial charge in [-0.15, -0.1) is 0 Å². The maximum absolute atomic E-state index is 10.4. The molecule has 1 fully saturated rings. The third kappa shape index (κ3) is 4.24. The predicted molar refractivity (Wildman–Crippen MR) is 39.2 cm³/mol. The summed E-state index contributed by atoms with van der Waals surface area (Å²) >= 11 is 0. The van der Waals surface area contributed by atoms with Crippen molar-refractivity contribution in [2.75, 3.05) is 13.2 Å². The number of hydrogen-bond acceptors (Lipinski definition) is 5. The van der Waals surface area contributed by atoms with E-state index in [1.807, 2.05) is 0 Å². The average Bonchev–Trinajstić information content (AvgIpc) is 2.03. The molecule has 0 aromatic carbocycles. The van der Waals surface area contributed by atoms with Gasteiger partial charge in [0.05, 0.1) is 0 Å². The fourth-order valence-corrected chi connectivity index (χ4v) is 1.98. The van der Waals surface area contributed by atoms with Crippen molar-refractivity contribution in [3.8, 4) is 0 Å². The quantitative estimate of drug-likeness (QED) is 0.380. The van der Waals surface area contributed by atoms with Crippen molar-refractivity contribution < 1.29 is 52.4 Å². The summed E-state index contributed by atoms with van der Waals surface area (Å²) in [5.41, 5.74) is -1.76. The number of aliphatic hydroxyl groups is 1. The summed E-state index contributed by atoms with van der Waals surface area (Å²) in [7, 11) is -4.55. The van der Waals surface area contributed by atoms with Crippen molar-refractivity contribution in [3.05, 3.63) is 0 Å². The smallest absolute Gasteiger partial charge is 0.746 e. The minimum Gasteiger partial charge on any atom is -0.746 e. The van der Waals surface area contributed by atoms with E-state index >= 15 is 0 Å². The van der Waals surface area contributed by atoms with Crippen molar-refractivity contribution in [2.45, 2.75) is 18.3 Å². The molecular formula is C6H11NaO5S. The molecule has 0 aromatic heterocycles. The first-order chi connectivity index (χ1) is 5.52. The van der Waals surface area contributed by atoms with Crippen LogP contribution in [0.5, 0.6) is 0 Å². The Morgan fingerprint density at radius 3 is 2.23 bits per heavy atom. The fraction of sp³-hybridized carbons (Fsp3) is 1.00. The molecule has 1 N–H and O–H groups in total. The molecule has 7 heteroatoms. The van der Waals surface area contributed by atoms with Gasteiger partial charge < -0.3 is 14.4 Å². The molecule has 72 valence electrons. The van der Waals surface area contributed by atoms with Gasteiger partial charge in [0.2, 0.25) is 0 Å². The molecular weight excluding hydrogens is 207 g/mol. The molecule has 1 atom stereocenters. The zero-order valence-corrected chi connectivity index (χ0v) is 10.3. The van der Waals surface area contributed by atoms with Gasteiger partial charge in [0, 0.05) is 19.1 Å². The summed E-state index contributed by atoms with van der Waals surface area (Å²) in [6, 6.07) is 0. The Labute approximate surface area is 99.5 Å². The summed E-state index contributed by atoms with van der Waals surface area (Å²) in [6.07, 6.45) is 0.866. The third-order valence-corrected chi connectivity index (χ3v) is 2.94. The SMILES string of the molecule is O=S(=O)([O-])C(O)C1CCOCC1.[Na+]. The molecule has 1 saturated heterocycles. The van der Waals surface area contributed by atoms with Crippen LogP contribution in [0.4, 0.5) is 0 Å². The van der Waals surface area contributed by atoms with Gasteiger partial charge in [-0.25, -0.2) is 8.42 Å². The molecule has 1 heterocycles. The molecule has 0 aromatic rings. The van der Waals surface area contributed by atoms with Gasteiger partial charge >= 0.3 is 29.6 Å². The van der Waals surface area contributed by atoms with Crippen molar-refractivity contribution in [2.24, 2.45) is 5.92 Å². The zero-order chi connectivity index (χ0) is 9.19. The molecule has 13 heavy (non-hydrogen) atoms. The monoisotopic (exact) mass is 218 g/mol. The van der Waals surface area contributed by atoms with Crippen LogP contribution in [0.3, 0.4) is 0 Å². The second-order valence-electron chi connectivity index (χ2n) is 2.83. The van der Waals surface area contributed by atoms with E-state index in [0.717, 1.165) is 0 Å². The van der Waals surface area contributed by atoms with Crippen LogP contribution in [0.2, 0.25) is 0 Å². The fourth-order valence-electron chi connectivity index (χ4n) is 1.24. The Balaban J connectivity index is 0.00000144. The molecule has 0 radical (unpaired) electrons. The minimum atomic E-state index is -4.55. The Morgan fingerprint density at radius 2 is 1.85 bits per heavy atom. The number of ether oxygens (including phenoxy) is 1. The van der Waals surface area contributed by atoms with Crippen LogP contribution in [0.1, 0.15) is 12.8 Å². The van der Waals surface area contributed by atoms with E-state index in [-0.39, 0.29) is 29.6 Å². The normalized spacial score (nSPS) is 22.0. The summed E-state index contributed by atoms with van der Waals surface area (Å²) in [6.45, 7) is 0.828. The number of aliphatic hydroxyl groups excluding tert-OH is 1. The van der Waals surface area contributed by atoms with E-state index in [1.165, 1.54) is 0 Å². The van der Waals surface area contributed by atoms with Gasteiger partial charge in [-0.2, -0.15) is 0 Å². The van der Waals surface area contributed by atoms with E-state index < -0.39 is 21.5 Å². The van der Waals surface area contributed by atoms with E-state index in [9.17, 15) is 13.0 Å². The van der Waals surface area contributed by atoms with Gasteiger partial charge in [-0.05, 0) is 12.8 Å². The van der Waals surface area contributed by atoms with Crippen LogP contribution in [0, 0.1) is 5.92 Å². The summed E-state index contributed by atoms with van der Waals surface area (Å²) in [5.74, 6) is -0.457. The van der Waals surface area contributed by atoms with E-state index in [4.69, 9.17) is 9.84 Å². The van der Waals surface area contributed by atoms with Crippen LogP contribution in [0.25, 0.3) is 0 Å². The minimum absolute atomic E-state index is 0. The molecule has 1 unspecified atom stereocenters. The van der Waals surface area contributed by atoms with Crippen molar-refractivity contribution in [1.82, 2.24) is 0 Å². The van der Waals surface area contributed by atoms with Gasteiger partial charge in [-0.3, -0.25) is 0 Å². The van der Waals surface area contributed by atoms with Gasteiger partial charge in [-0.1, -0.05) is 0 Å². The maximum atomic E-state index is 10.4. The van der Waals surface area contributed by atoms with Crippen molar-refractivity contribution in [1.29, 1.82) is 0 Å². The van der Waals surface area contributed by atoms with Gasteiger partial charge in [0.1, 0.15) is 15.6 Å². The standard InChI is InChI=1S/C6H12O5S.Na/c7-6(12(8,9)10)5-1-3-11-4-2-5;/h5-7H,1-4H2,(H,8,9,10);/q;+1/p-1. The molecule has 5 nitrogen and oxygen atoms in total. The van der Waals surface area contributed by atoms with Crippen LogP contribution in [-0.2, 0) is 14.9 Å². The first-order valence-electron chi connectivity index (χ1n) is 3.72. The van der Waals surface area contributed by atoms with E-state index in [2.05, 4.69) is 0 Å². The first-order valence-corrected chi connectivity index (χ1v) is 5.19. The molecule has 0 amide bonds. The molecule has 0 spiro atoms. The average molecular weight is 218 g/mol. The van der Waals surface area contributed by atoms with E-state index in [0.29, 0.717) is 26.1 Å². The number of rotatable bonds is 2. The summed E-state index contributed by atoms with van der Waals surface area (Å²) in [4.78, 5) is 0. The van der Waals surface area contributed by atoms with Gasteiger partial charge in [0.15, 0.2) is 0 Å². The molecule has 0 saturated carbocycles. The van der Waals surface area contributed by atoms with Crippen LogP contribution >= 0.6 is 0 Å². The zero-order valence-electron chi connectivity index (χ0n) is 7.47. The van der Waals surface area contributed by atoms with Crippen molar-refractivity contribution in [3.63, 3.8) is 0 Å². The first kappa shape index (κ1) is 13.8. The van der Waals surface area contributed by atoms with E-state index in [1.54, 1.807) is 0 Å². The van der Waals surface area contributed by atoms with Crippen molar-refractivity contribution >= 4 is 10.1 Å². The maximum Gasteiger partial charge on any atom is 1.00 e. The topological polar surface area (TPSA) is 86.7 Å². The summed E-state index contributed by atoms with van der Waals surface area (Å²) in [5, 5.41) is 9.05. The van der Waals surface area contributed by atoms with Crippen LogP contribution < -0.4 is 29.6 Å². The Hall–Kier alpha value is 0.830. The van der Waals surface area contributed by atoms with Crippen LogP contribution in [-0.4, -0.2) is 36.7 Å². The number of hydrogen-bond donors (Lipinski definition) is 1. The van der Waals surface area contributed by atoms with Gasteiger partial charge in [0.25, 0.3) is 0 Å². The molecule has 1 rings (SSSR count). The molecule has 0 bridgehead atoms. The molecule has 1 aliphatic rings. The second kappa shape index (κ2) is 5.65. The largest absolute Gasteiger partial charge is 1.00 e. The third-order valence-electron chi connectivity index (χ3n) is 1.96. The molecule has 0 aliphatic carbocycles. The Kier molecular flexibility index (Phi) is 6.01.